The zero-order valence-electron chi connectivity index (χ0n) is 12.6. The van der Waals surface area contributed by atoms with Crippen LogP contribution in [0.25, 0.3) is 0 Å². The number of benzene rings is 1. The number of hydrogen-bond acceptors (Lipinski definition) is 3. The minimum Gasteiger partial charge on any atom is -0.491 e. The van der Waals surface area contributed by atoms with Crippen molar-refractivity contribution in [2.75, 3.05) is 26.2 Å². The molecule has 0 aliphatic carbocycles. The number of rotatable bonds is 8. The first-order chi connectivity index (χ1) is 10.2. The van der Waals surface area contributed by atoms with Gasteiger partial charge in [-0.2, -0.15) is 0 Å². The summed E-state index contributed by atoms with van der Waals surface area (Å²) in [5.41, 5.74) is 0. The van der Waals surface area contributed by atoms with Gasteiger partial charge in [-0.1, -0.05) is 6.92 Å². The standard InChI is InChI=1S/C15H24IN3O2/c1-3-9-18-15(17-4-2)19-10-13(20)11-21-14-7-5-12(16)6-8-14/h5-8,13,20H,3-4,9-11H2,1-2H3,(H2,17,18,19). The molecule has 3 N–H and O–H groups in total. The van der Waals surface area contributed by atoms with Gasteiger partial charge in [0, 0.05) is 16.7 Å². The van der Waals surface area contributed by atoms with Crippen LogP contribution < -0.4 is 15.4 Å². The average Bonchev–Trinajstić information content (AvgIpc) is 2.49. The maximum absolute atomic E-state index is 9.92. The van der Waals surface area contributed by atoms with Gasteiger partial charge in [0.15, 0.2) is 5.96 Å². The maximum atomic E-state index is 9.92. The average molecular weight is 405 g/mol. The third-order valence-corrected chi connectivity index (χ3v) is 3.32. The van der Waals surface area contributed by atoms with Gasteiger partial charge in [-0.05, 0) is 60.2 Å². The number of guanidine groups is 1. The van der Waals surface area contributed by atoms with Gasteiger partial charge < -0.3 is 20.5 Å². The number of nitrogens with one attached hydrogen (secondary N) is 2. The van der Waals surface area contributed by atoms with Crippen molar-refractivity contribution in [2.24, 2.45) is 4.99 Å². The zero-order valence-corrected chi connectivity index (χ0v) is 14.8. The number of nitrogens with zero attached hydrogens (tertiary/aromatic N) is 1. The summed E-state index contributed by atoms with van der Waals surface area (Å²) in [7, 11) is 0. The molecule has 1 atom stereocenters. The van der Waals surface area contributed by atoms with E-state index in [4.69, 9.17) is 4.74 Å². The lowest BCUT2D eigenvalue weighted by molar-refractivity contribution is 0.114. The zero-order chi connectivity index (χ0) is 15.5. The van der Waals surface area contributed by atoms with Crippen molar-refractivity contribution in [1.82, 2.24) is 10.6 Å². The van der Waals surface area contributed by atoms with Gasteiger partial charge in [0.05, 0.1) is 6.54 Å². The molecule has 6 heteroatoms. The molecule has 118 valence electrons. The Morgan fingerprint density at radius 2 is 2.00 bits per heavy atom. The molecular formula is C15H24IN3O2. The van der Waals surface area contributed by atoms with Gasteiger partial charge >= 0.3 is 0 Å². The summed E-state index contributed by atoms with van der Waals surface area (Å²) in [6, 6.07) is 7.73. The fourth-order valence-electron chi connectivity index (χ4n) is 1.56. The van der Waals surface area contributed by atoms with Crippen molar-refractivity contribution >= 4 is 28.6 Å². The SMILES string of the molecule is CCCNC(=NCC(O)COc1ccc(I)cc1)NCC. The second-order valence-corrected chi connectivity index (χ2v) is 5.81. The highest BCUT2D eigenvalue weighted by molar-refractivity contribution is 14.1. The van der Waals surface area contributed by atoms with E-state index >= 15 is 0 Å². The Hall–Kier alpha value is -1.02. The summed E-state index contributed by atoms with van der Waals surface area (Å²) in [4.78, 5) is 4.34. The highest BCUT2D eigenvalue weighted by Crippen LogP contribution is 2.13. The molecule has 1 aromatic carbocycles. The van der Waals surface area contributed by atoms with Crippen LogP contribution in [-0.4, -0.2) is 43.4 Å². The predicted octanol–water partition coefficient (Wildman–Crippen LogP) is 2.00. The van der Waals surface area contributed by atoms with Crippen LogP contribution >= 0.6 is 22.6 Å². The molecule has 1 unspecified atom stereocenters. The lowest BCUT2D eigenvalue weighted by Crippen LogP contribution is -2.38. The van der Waals surface area contributed by atoms with E-state index in [1.165, 1.54) is 0 Å². The molecule has 5 nitrogen and oxygen atoms in total. The number of aliphatic hydroxyl groups is 1. The van der Waals surface area contributed by atoms with E-state index in [9.17, 15) is 5.11 Å². The van der Waals surface area contributed by atoms with E-state index in [-0.39, 0.29) is 6.61 Å². The molecule has 21 heavy (non-hydrogen) atoms. The van der Waals surface area contributed by atoms with Gasteiger partial charge in [0.25, 0.3) is 0 Å². The van der Waals surface area contributed by atoms with Gasteiger partial charge in [-0.3, -0.25) is 4.99 Å². The summed E-state index contributed by atoms with van der Waals surface area (Å²) >= 11 is 2.24. The second-order valence-electron chi connectivity index (χ2n) is 4.57. The van der Waals surface area contributed by atoms with E-state index in [0.29, 0.717) is 6.54 Å². The second kappa shape index (κ2) is 10.7. The molecule has 0 amide bonds. The number of halogens is 1. The Bertz CT molecular complexity index is 423. The first-order valence-corrected chi connectivity index (χ1v) is 8.32. The molecule has 1 aromatic rings. The lowest BCUT2D eigenvalue weighted by Gasteiger charge is -2.13. The van der Waals surface area contributed by atoms with E-state index in [1.807, 2.05) is 31.2 Å². The third-order valence-electron chi connectivity index (χ3n) is 2.60. The molecule has 0 heterocycles. The monoisotopic (exact) mass is 405 g/mol. The molecule has 0 aromatic heterocycles. The molecule has 0 fully saturated rings. The van der Waals surface area contributed by atoms with E-state index < -0.39 is 6.10 Å². The summed E-state index contributed by atoms with van der Waals surface area (Å²) in [6.45, 7) is 6.31. The highest BCUT2D eigenvalue weighted by Gasteiger charge is 2.05. The van der Waals surface area contributed by atoms with Crippen molar-refractivity contribution in [3.63, 3.8) is 0 Å². The molecule has 0 radical (unpaired) electrons. The van der Waals surface area contributed by atoms with E-state index in [2.05, 4.69) is 45.1 Å². The molecule has 0 spiro atoms. The minimum absolute atomic E-state index is 0.233. The van der Waals surface area contributed by atoms with Crippen molar-refractivity contribution in [1.29, 1.82) is 0 Å². The molecule has 0 aliphatic heterocycles. The number of aliphatic imine (C=N–C) groups is 1. The van der Waals surface area contributed by atoms with Crippen molar-refractivity contribution in [2.45, 2.75) is 26.4 Å². The maximum Gasteiger partial charge on any atom is 0.191 e. The third kappa shape index (κ3) is 8.11. The fraction of sp³-hybridized carbons (Fsp3) is 0.533. The Kier molecular flexibility index (Phi) is 9.16. The van der Waals surface area contributed by atoms with Crippen LogP contribution in [0.4, 0.5) is 0 Å². The molecule has 0 saturated carbocycles. The Morgan fingerprint density at radius 3 is 2.62 bits per heavy atom. The summed E-state index contributed by atoms with van der Waals surface area (Å²) in [5, 5.41) is 16.2. The van der Waals surface area contributed by atoms with Gasteiger partial charge in [-0.15, -0.1) is 0 Å². The van der Waals surface area contributed by atoms with Crippen molar-refractivity contribution in [3.8, 4) is 5.75 Å². The molecule has 0 aliphatic rings. The summed E-state index contributed by atoms with van der Waals surface area (Å²) in [5.74, 6) is 1.49. The largest absolute Gasteiger partial charge is 0.491 e. The van der Waals surface area contributed by atoms with Gasteiger partial charge in [0.1, 0.15) is 18.5 Å². The molecule has 0 bridgehead atoms. The lowest BCUT2D eigenvalue weighted by atomic mass is 10.3. The van der Waals surface area contributed by atoms with Crippen LogP contribution in [0.15, 0.2) is 29.3 Å². The van der Waals surface area contributed by atoms with Crippen LogP contribution in [-0.2, 0) is 0 Å². The van der Waals surface area contributed by atoms with Crippen molar-refractivity contribution in [3.05, 3.63) is 27.8 Å². The van der Waals surface area contributed by atoms with Gasteiger partial charge in [0.2, 0.25) is 0 Å². The number of aliphatic hydroxyl groups excluding tert-OH is 1. The Labute approximate surface area is 140 Å². The topological polar surface area (TPSA) is 65.9 Å². The number of ether oxygens (including phenoxy) is 1. The Morgan fingerprint density at radius 1 is 1.29 bits per heavy atom. The van der Waals surface area contributed by atoms with Crippen LogP contribution in [0.5, 0.6) is 5.75 Å². The van der Waals surface area contributed by atoms with Crippen molar-refractivity contribution < 1.29 is 9.84 Å². The smallest absolute Gasteiger partial charge is 0.191 e. The summed E-state index contributed by atoms with van der Waals surface area (Å²) in [6.07, 6.45) is 0.407. The fourth-order valence-corrected chi connectivity index (χ4v) is 1.92. The van der Waals surface area contributed by atoms with Gasteiger partial charge in [-0.25, -0.2) is 0 Å². The molecule has 1 rings (SSSR count). The van der Waals surface area contributed by atoms with Crippen LogP contribution in [0.3, 0.4) is 0 Å². The van der Waals surface area contributed by atoms with Crippen LogP contribution in [0, 0.1) is 3.57 Å². The number of hydrogen-bond donors (Lipinski definition) is 3. The van der Waals surface area contributed by atoms with E-state index in [0.717, 1.165) is 34.8 Å². The van der Waals surface area contributed by atoms with Crippen LogP contribution in [0.1, 0.15) is 20.3 Å². The van der Waals surface area contributed by atoms with Crippen LogP contribution in [0.2, 0.25) is 0 Å². The predicted molar refractivity (Wildman–Crippen MR) is 94.9 cm³/mol. The first-order valence-electron chi connectivity index (χ1n) is 7.24. The quantitative estimate of drug-likeness (QED) is 0.352. The Balaban J connectivity index is 2.36. The molecular weight excluding hydrogens is 381 g/mol. The highest BCUT2D eigenvalue weighted by atomic mass is 127. The van der Waals surface area contributed by atoms with E-state index in [1.54, 1.807) is 0 Å². The molecule has 0 saturated heterocycles. The first kappa shape index (κ1) is 18.0. The summed E-state index contributed by atoms with van der Waals surface area (Å²) < 4.78 is 6.69. The minimum atomic E-state index is -0.624. The normalized spacial score (nSPS) is 12.9.